The van der Waals surface area contributed by atoms with Crippen LogP contribution in [0.3, 0.4) is 0 Å². The second-order valence-electron chi connectivity index (χ2n) is 7.36. The van der Waals surface area contributed by atoms with E-state index in [9.17, 15) is 13.2 Å². The molecule has 156 valence electrons. The highest BCUT2D eigenvalue weighted by Crippen LogP contribution is 2.18. The van der Waals surface area contributed by atoms with E-state index in [1.807, 2.05) is 11.0 Å². The maximum absolute atomic E-state index is 12.9. The van der Waals surface area contributed by atoms with Gasteiger partial charge in [0, 0.05) is 18.7 Å². The number of piperazine rings is 1. The summed E-state index contributed by atoms with van der Waals surface area (Å²) in [5.41, 5.74) is 0.986. The van der Waals surface area contributed by atoms with Crippen molar-refractivity contribution in [3.63, 3.8) is 0 Å². The number of nitrogens with one attached hydrogen (secondary N) is 1. The molecule has 0 unspecified atom stereocenters. The number of rotatable bonds is 5. The molecule has 2 aliphatic rings. The first kappa shape index (κ1) is 20.1. The Bertz CT molecular complexity index is 931. The molecule has 0 spiro atoms. The predicted octanol–water partition coefficient (Wildman–Crippen LogP) is -0.159. The van der Waals surface area contributed by atoms with Crippen LogP contribution in [-0.4, -0.2) is 76.0 Å². The van der Waals surface area contributed by atoms with Gasteiger partial charge in [0.1, 0.15) is 6.54 Å². The van der Waals surface area contributed by atoms with Gasteiger partial charge in [-0.3, -0.25) is 4.79 Å². The number of hydrogen-bond acceptors (Lipinski definition) is 5. The van der Waals surface area contributed by atoms with E-state index in [1.54, 1.807) is 30.3 Å². The lowest BCUT2D eigenvalue weighted by molar-refractivity contribution is -0.917. The van der Waals surface area contributed by atoms with Gasteiger partial charge in [0.25, 0.3) is 5.91 Å². The highest BCUT2D eigenvalue weighted by Gasteiger charge is 2.28. The Balaban J connectivity index is 1.37. The van der Waals surface area contributed by atoms with E-state index >= 15 is 0 Å². The molecule has 1 amide bonds. The molecule has 0 atom stereocenters. The molecule has 0 aliphatic carbocycles. The molecule has 8 nitrogen and oxygen atoms in total. The molecule has 29 heavy (non-hydrogen) atoms. The van der Waals surface area contributed by atoms with E-state index in [-0.39, 0.29) is 5.91 Å². The molecular weight excluding hydrogens is 394 g/mol. The fourth-order valence-corrected chi connectivity index (χ4v) is 5.28. The largest absolute Gasteiger partial charge is 0.459 e. The number of benzene rings is 1. The number of hydrogen-bond donors (Lipinski definition) is 1. The lowest BCUT2D eigenvalue weighted by Crippen LogP contribution is -3.13. The molecule has 2 saturated heterocycles. The third kappa shape index (κ3) is 4.53. The van der Waals surface area contributed by atoms with E-state index < -0.39 is 10.0 Å². The van der Waals surface area contributed by atoms with Crippen molar-refractivity contribution in [3.05, 3.63) is 54.0 Å². The summed E-state index contributed by atoms with van der Waals surface area (Å²) in [5.74, 6) is 0.294. The number of furan rings is 1. The van der Waals surface area contributed by atoms with Crippen LogP contribution >= 0.6 is 0 Å². The Labute approximate surface area is 170 Å². The molecule has 0 radical (unpaired) electrons. The Morgan fingerprint density at radius 2 is 1.79 bits per heavy atom. The first-order chi connectivity index (χ1) is 14.0. The minimum atomic E-state index is -3.49. The van der Waals surface area contributed by atoms with E-state index in [4.69, 9.17) is 9.15 Å². The van der Waals surface area contributed by atoms with Crippen molar-refractivity contribution >= 4 is 15.9 Å². The Kier molecular flexibility index (Phi) is 6.00. The van der Waals surface area contributed by atoms with E-state index in [0.29, 0.717) is 50.0 Å². The van der Waals surface area contributed by atoms with Crippen molar-refractivity contribution in [1.29, 1.82) is 0 Å². The summed E-state index contributed by atoms with van der Waals surface area (Å²) in [6.07, 6.45) is 1.51. The van der Waals surface area contributed by atoms with Crippen molar-refractivity contribution in [2.45, 2.75) is 11.4 Å². The zero-order chi connectivity index (χ0) is 20.3. The predicted molar refractivity (Wildman–Crippen MR) is 105 cm³/mol. The van der Waals surface area contributed by atoms with E-state index in [1.165, 1.54) is 15.5 Å². The Morgan fingerprint density at radius 3 is 2.48 bits per heavy atom. The van der Waals surface area contributed by atoms with Crippen LogP contribution in [0.1, 0.15) is 16.1 Å². The highest BCUT2D eigenvalue weighted by atomic mass is 32.2. The SMILES string of the molecule is O=C(c1ccco1)N1CC[NH+](Cc2cccc(S(=O)(=O)N3CCOCC3)c2)CC1. The molecule has 2 aliphatic heterocycles. The van der Waals surface area contributed by atoms with Crippen LogP contribution in [-0.2, 0) is 21.3 Å². The topological polar surface area (TPSA) is 84.5 Å². The molecule has 2 fully saturated rings. The van der Waals surface area contributed by atoms with Crippen molar-refractivity contribution in [2.24, 2.45) is 0 Å². The van der Waals surface area contributed by atoms with Gasteiger partial charge in [-0.2, -0.15) is 4.31 Å². The van der Waals surface area contributed by atoms with Gasteiger partial charge in [0.15, 0.2) is 5.76 Å². The standard InChI is InChI=1S/C20H25N3O5S/c24-20(19-5-2-12-28-19)22-8-6-21(7-9-22)16-17-3-1-4-18(15-17)29(25,26)23-10-13-27-14-11-23/h1-5,12,15H,6-11,13-14,16H2/p+1. The lowest BCUT2D eigenvalue weighted by atomic mass is 10.2. The average molecular weight is 421 g/mol. The molecular formula is C20H26N3O5S+. The molecule has 4 rings (SSSR count). The summed E-state index contributed by atoms with van der Waals surface area (Å²) in [7, 11) is -3.49. The number of quaternary nitrogens is 1. The molecule has 0 bridgehead atoms. The zero-order valence-corrected chi connectivity index (χ0v) is 17.1. The van der Waals surface area contributed by atoms with Crippen LogP contribution in [0.5, 0.6) is 0 Å². The van der Waals surface area contributed by atoms with Crippen molar-refractivity contribution in [2.75, 3.05) is 52.5 Å². The molecule has 9 heteroatoms. The van der Waals surface area contributed by atoms with Crippen LogP contribution in [0.4, 0.5) is 0 Å². The third-order valence-electron chi connectivity index (χ3n) is 5.45. The number of nitrogens with zero attached hydrogens (tertiary/aromatic N) is 2. The van der Waals surface area contributed by atoms with E-state index in [2.05, 4.69) is 0 Å². The third-order valence-corrected chi connectivity index (χ3v) is 7.34. The maximum atomic E-state index is 12.9. The van der Waals surface area contributed by atoms with Crippen molar-refractivity contribution < 1.29 is 27.3 Å². The van der Waals surface area contributed by atoms with Gasteiger partial charge in [-0.15, -0.1) is 0 Å². The van der Waals surface area contributed by atoms with Gasteiger partial charge in [-0.25, -0.2) is 8.42 Å². The number of morpholine rings is 1. The smallest absolute Gasteiger partial charge is 0.289 e. The molecule has 1 aromatic heterocycles. The molecule has 1 aromatic carbocycles. The summed E-state index contributed by atoms with van der Waals surface area (Å²) in [5, 5.41) is 0. The second kappa shape index (κ2) is 8.66. The zero-order valence-electron chi connectivity index (χ0n) is 16.2. The first-order valence-corrected chi connectivity index (χ1v) is 11.3. The van der Waals surface area contributed by atoms with Crippen LogP contribution in [0, 0.1) is 0 Å². The molecule has 1 N–H and O–H groups in total. The number of sulfonamides is 1. The summed E-state index contributed by atoms with van der Waals surface area (Å²) < 4.78 is 37.7. The minimum absolute atomic E-state index is 0.0762. The van der Waals surface area contributed by atoms with Crippen molar-refractivity contribution in [1.82, 2.24) is 9.21 Å². The lowest BCUT2D eigenvalue weighted by Gasteiger charge is -2.32. The fraction of sp³-hybridized carbons (Fsp3) is 0.450. The number of carbonyl (C=O) groups is 1. The van der Waals surface area contributed by atoms with Gasteiger partial charge >= 0.3 is 0 Å². The summed E-state index contributed by atoms with van der Waals surface area (Å²) in [6, 6.07) is 10.6. The molecule has 2 aromatic rings. The summed E-state index contributed by atoms with van der Waals surface area (Å²) in [6.45, 7) is 5.32. The van der Waals surface area contributed by atoms with Crippen LogP contribution < -0.4 is 4.90 Å². The highest BCUT2D eigenvalue weighted by molar-refractivity contribution is 7.89. The Hall–Kier alpha value is -2.20. The van der Waals surface area contributed by atoms with Crippen LogP contribution in [0.15, 0.2) is 52.0 Å². The minimum Gasteiger partial charge on any atom is -0.459 e. The first-order valence-electron chi connectivity index (χ1n) is 9.87. The monoisotopic (exact) mass is 420 g/mol. The number of amides is 1. The van der Waals surface area contributed by atoms with Gasteiger partial charge in [-0.1, -0.05) is 12.1 Å². The van der Waals surface area contributed by atoms with Crippen LogP contribution in [0.2, 0.25) is 0 Å². The summed E-state index contributed by atoms with van der Waals surface area (Å²) >= 11 is 0. The van der Waals surface area contributed by atoms with Gasteiger partial charge in [0.05, 0.1) is 50.6 Å². The molecule has 0 saturated carbocycles. The van der Waals surface area contributed by atoms with Crippen molar-refractivity contribution in [3.8, 4) is 0 Å². The number of carbonyl (C=O) groups excluding carboxylic acids is 1. The quantitative estimate of drug-likeness (QED) is 0.727. The number of ether oxygens (including phenoxy) is 1. The maximum Gasteiger partial charge on any atom is 0.289 e. The van der Waals surface area contributed by atoms with Gasteiger partial charge in [-0.05, 0) is 24.3 Å². The van der Waals surface area contributed by atoms with E-state index in [0.717, 1.165) is 25.2 Å². The Morgan fingerprint density at radius 1 is 1.03 bits per heavy atom. The fourth-order valence-electron chi connectivity index (χ4n) is 3.80. The van der Waals surface area contributed by atoms with Crippen LogP contribution in [0.25, 0.3) is 0 Å². The second-order valence-corrected chi connectivity index (χ2v) is 9.30. The average Bonchev–Trinajstić information content (AvgIpc) is 3.30. The summed E-state index contributed by atoms with van der Waals surface area (Å²) in [4.78, 5) is 15.8. The van der Waals surface area contributed by atoms with Gasteiger partial charge < -0.3 is 19.0 Å². The molecule has 3 heterocycles. The van der Waals surface area contributed by atoms with Gasteiger partial charge in [0.2, 0.25) is 10.0 Å². The normalized spacial score (nSPS) is 19.4.